The quantitative estimate of drug-likeness (QED) is 0.220. The van der Waals surface area contributed by atoms with E-state index in [-0.39, 0.29) is 0 Å². The third-order valence-corrected chi connectivity index (χ3v) is 2.23. The first-order valence-electron chi connectivity index (χ1n) is 4.11. The van der Waals surface area contributed by atoms with Crippen LogP contribution >= 0.6 is 0 Å². The van der Waals surface area contributed by atoms with Crippen molar-refractivity contribution in [2.45, 2.75) is 24.1 Å². The van der Waals surface area contributed by atoms with Crippen molar-refractivity contribution in [2.75, 3.05) is 0 Å². The van der Waals surface area contributed by atoms with E-state index in [1.165, 1.54) is 0 Å². The van der Waals surface area contributed by atoms with Crippen molar-refractivity contribution < 1.29 is 44.2 Å². The van der Waals surface area contributed by atoms with E-state index < -0.39 is 41.8 Å². The fraction of sp³-hybridized carbons (Fsp3) is 0.571. The lowest BCUT2D eigenvalue weighted by Gasteiger charge is -2.24. The Hall–Kier alpha value is -1.55. The molecule has 0 aromatic carbocycles. The van der Waals surface area contributed by atoms with E-state index in [1.54, 1.807) is 0 Å². The van der Waals surface area contributed by atoms with Crippen molar-refractivity contribution in [1.82, 2.24) is 0 Å². The van der Waals surface area contributed by atoms with Gasteiger partial charge >= 0.3 is 17.5 Å². The molecule has 0 saturated carbocycles. The van der Waals surface area contributed by atoms with Crippen LogP contribution in [0.2, 0.25) is 0 Å². The standard InChI is InChI=1S/C7H6O9/c8-1-2(9)4(11)15-16-6(13)7(3(1)10)5(12)14-7/h1-2,4,8-9,11H/t1-,2+,4?,7-/m1/s1. The van der Waals surface area contributed by atoms with Crippen molar-refractivity contribution in [3.8, 4) is 0 Å². The molecule has 0 aliphatic carbocycles. The summed E-state index contributed by atoms with van der Waals surface area (Å²) in [5.74, 6) is -4.13. The summed E-state index contributed by atoms with van der Waals surface area (Å²) in [4.78, 5) is 41.3. The molecule has 2 aliphatic heterocycles. The Morgan fingerprint density at radius 3 is 2.12 bits per heavy atom. The molecule has 4 atom stereocenters. The van der Waals surface area contributed by atoms with Crippen LogP contribution in [0.3, 0.4) is 0 Å². The smallest absolute Gasteiger partial charge is 0.405 e. The zero-order valence-corrected chi connectivity index (χ0v) is 7.52. The van der Waals surface area contributed by atoms with Gasteiger partial charge in [-0.2, -0.15) is 0 Å². The van der Waals surface area contributed by atoms with Gasteiger partial charge in [0, 0.05) is 0 Å². The Labute approximate surface area is 87.1 Å². The van der Waals surface area contributed by atoms with E-state index in [0.717, 1.165) is 0 Å². The first kappa shape index (κ1) is 11.0. The highest BCUT2D eigenvalue weighted by Gasteiger charge is 2.75. The zero-order chi connectivity index (χ0) is 12.1. The third-order valence-electron chi connectivity index (χ3n) is 2.23. The molecule has 9 heteroatoms. The van der Waals surface area contributed by atoms with E-state index in [2.05, 4.69) is 14.5 Å². The molecule has 0 amide bonds. The minimum absolute atomic E-state index is 1.21. The molecule has 1 spiro atoms. The number of ether oxygens (including phenoxy) is 1. The van der Waals surface area contributed by atoms with Crippen LogP contribution in [0.4, 0.5) is 0 Å². The van der Waals surface area contributed by atoms with Gasteiger partial charge in [-0.15, -0.1) is 4.89 Å². The summed E-state index contributed by atoms with van der Waals surface area (Å²) in [6.07, 6.45) is -6.36. The minimum Gasteiger partial charge on any atom is -0.423 e. The van der Waals surface area contributed by atoms with Crippen LogP contribution in [0.25, 0.3) is 0 Å². The van der Waals surface area contributed by atoms with Crippen molar-refractivity contribution in [1.29, 1.82) is 0 Å². The fourth-order valence-corrected chi connectivity index (χ4v) is 1.22. The maximum atomic E-state index is 11.4. The highest BCUT2D eigenvalue weighted by Crippen LogP contribution is 2.35. The summed E-state index contributed by atoms with van der Waals surface area (Å²) < 4.78 is 4.16. The van der Waals surface area contributed by atoms with Crippen LogP contribution in [0.5, 0.6) is 0 Å². The molecule has 2 saturated heterocycles. The average molecular weight is 234 g/mol. The molecule has 0 radical (unpaired) electrons. The van der Waals surface area contributed by atoms with Crippen molar-refractivity contribution in [2.24, 2.45) is 0 Å². The lowest BCUT2D eigenvalue weighted by atomic mass is 9.96. The Morgan fingerprint density at radius 2 is 1.62 bits per heavy atom. The Kier molecular flexibility index (Phi) is 2.20. The van der Waals surface area contributed by atoms with Gasteiger partial charge in [-0.3, -0.25) is 9.68 Å². The minimum atomic E-state index is -2.57. The zero-order valence-electron chi connectivity index (χ0n) is 7.52. The van der Waals surface area contributed by atoms with Crippen LogP contribution in [0.1, 0.15) is 0 Å². The largest absolute Gasteiger partial charge is 0.423 e. The monoisotopic (exact) mass is 234 g/mol. The van der Waals surface area contributed by atoms with Gasteiger partial charge < -0.3 is 20.1 Å². The highest BCUT2D eigenvalue weighted by molar-refractivity contribution is 6.33. The van der Waals surface area contributed by atoms with E-state index in [1.807, 2.05) is 0 Å². The van der Waals surface area contributed by atoms with Gasteiger partial charge in [-0.05, 0) is 0 Å². The molecule has 16 heavy (non-hydrogen) atoms. The second kappa shape index (κ2) is 3.22. The van der Waals surface area contributed by atoms with E-state index in [0.29, 0.717) is 0 Å². The molecule has 2 fully saturated rings. The molecule has 2 heterocycles. The SMILES string of the molecule is O=C1OOC(O)[C@@H](O)[C@@H](O)C(=O)[C@]12OC2=O. The summed E-state index contributed by atoms with van der Waals surface area (Å²) >= 11 is 0. The van der Waals surface area contributed by atoms with Gasteiger partial charge in [0.05, 0.1) is 0 Å². The lowest BCUT2D eigenvalue weighted by Crippen LogP contribution is -2.54. The lowest BCUT2D eigenvalue weighted by molar-refractivity contribution is -0.368. The van der Waals surface area contributed by atoms with Crippen LogP contribution in [0, 0.1) is 0 Å². The normalized spacial score (nSPS) is 43.4. The molecule has 0 aromatic heterocycles. The van der Waals surface area contributed by atoms with E-state index >= 15 is 0 Å². The summed E-state index contributed by atoms with van der Waals surface area (Å²) in [6, 6.07) is 0. The molecule has 0 bridgehead atoms. The van der Waals surface area contributed by atoms with Crippen molar-refractivity contribution in [3.05, 3.63) is 0 Å². The Bertz CT molecular complexity index is 376. The molecule has 3 N–H and O–H groups in total. The van der Waals surface area contributed by atoms with Gasteiger partial charge in [0.15, 0.2) is 0 Å². The van der Waals surface area contributed by atoms with Crippen molar-refractivity contribution >= 4 is 17.7 Å². The maximum absolute atomic E-state index is 11.4. The van der Waals surface area contributed by atoms with E-state index in [4.69, 9.17) is 10.2 Å². The first-order valence-corrected chi connectivity index (χ1v) is 4.11. The van der Waals surface area contributed by atoms with Crippen molar-refractivity contribution in [3.63, 3.8) is 0 Å². The second-order valence-corrected chi connectivity index (χ2v) is 3.23. The molecular formula is C7H6O9. The number of Topliss-reactive ketones (excluding diaryl/α,β-unsaturated/α-hetero) is 1. The third kappa shape index (κ3) is 1.23. The molecule has 88 valence electrons. The second-order valence-electron chi connectivity index (χ2n) is 3.23. The number of epoxide rings is 1. The van der Waals surface area contributed by atoms with Crippen LogP contribution in [-0.2, 0) is 28.9 Å². The number of hydrogen-bond donors (Lipinski definition) is 3. The first-order chi connectivity index (χ1) is 7.41. The summed E-state index contributed by atoms with van der Waals surface area (Å²) in [6.45, 7) is 0. The van der Waals surface area contributed by atoms with Gasteiger partial charge in [0.1, 0.15) is 12.2 Å². The summed E-state index contributed by atoms with van der Waals surface area (Å²) in [5, 5.41) is 27.4. The number of carbonyl (C=O) groups excluding carboxylic acids is 3. The van der Waals surface area contributed by atoms with E-state index in [9.17, 15) is 19.5 Å². The molecular weight excluding hydrogens is 228 g/mol. The fourth-order valence-electron chi connectivity index (χ4n) is 1.22. The predicted molar refractivity (Wildman–Crippen MR) is 39.0 cm³/mol. The summed E-state index contributed by atoms with van der Waals surface area (Å²) in [7, 11) is 0. The predicted octanol–water partition coefficient (Wildman–Crippen LogP) is -3.62. The van der Waals surface area contributed by atoms with Gasteiger partial charge in [-0.1, -0.05) is 0 Å². The molecule has 2 rings (SSSR count). The highest BCUT2D eigenvalue weighted by atomic mass is 17.2. The average Bonchev–Trinajstić information content (AvgIpc) is 2.94. The van der Waals surface area contributed by atoms with Gasteiger partial charge in [-0.25, -0.2) is 9.59 Å². The van der Waals surface area contributed by atoms with Gasteiger partial charge in [0.2, 0.25) is 12.1 Å². The van der Waals surface area contributed by atoms with Crippen LogP contribution in [-0.4, -0.2) is 57.1 Å². The molecule has 9 nitrogen and oxygen atoms in total. The molecule has 0 aromatic rings. The van der Waals surface area contributed by atoms with Gasteiger partial charge in [0.25, 0.3) is 0 Å². The number of carbonyl (C=O) groups is 3. The number of aliphatic hydroxyl groups is 3. The number of ketones is 1. The topological polar surface area (TPSA) is 143 Å². The number of rotatable bonds is 0. The number of aliphatic hydroxyl groups excluding tert-OH is 3. The Balaban J connectivity index is 2.33. The molecule has 1 unspecified atom stereocenters. The maximum Gasteiger partial charge on any atom is 0.405 e. The summed E-state index contributed by atoms with van der Waals surface area (Å²) in [5.41, 5.74) is -2.57. The van der Waals surface area contributed by atoms with Crippen LogP contribution in [0.15, 0.2) is 0 Å². The molecule has 2 aliphatic rings. The number of hydrogen-bond acceptors (Lipinski definition) is 9. The van der Waals surface area contributed by atoms with Crippen LogP contribution < -0.4 is 0 Å². The Morgan fingerprint density at radius 1 is 1.06 bits per heavy atom.